The number of carbonyl (C=O) groups excluding carboxylic acids is 2. The predicted octanol–water partition coefficient (Wildman–Crippen LogP) is 4.38. The molecule has 8 heteroatoms. The van der Waals surface area contributed by atoms with E-state index in [1.165, 1.54) is 6.92 Å². The minimum absolute atomic E-state index is 0.0267. The summed E-state index contributed by atoms with van der Waals surface area (Å²) in [6.07, 6.45) is 1.66. The lowest BCUT2D eigenvalue weighted by molar-refractivity contribution is -0.141. The van der Waals surface area contributed by atoms with Gasteiger partial charge in [-0.1, -0.05) is 66.7 Å². The van der Waals surface area contributed by atoms with Crippen LogP contribution in [0.3, 0.4) is 0 Å². The van der Waals surface area contributed by atoms with E-state index in [-0.39, 0.29) is 29.4 Å². The summed E-state index contributed by atoms with van der Waals surface area (Å²) in [6, 6.07) is 5.82. The molecule has 1 aromatic rings. The summed E-state index contributed by atoms with van der Waals surface area (Å²) < 4.78 is 5.75. The van der Waals surface area contributed by atoms with Crippen LogP contribution in [-0.4, -0.2) is 66.1 Å². The molecule has 3 N–H and O–H groups in total. The highest BCUT2D eigenvalue weighted by Crippen LogP contribution is 2.30. The van der Waals surface area contributed by atoms with E-state index in [4.69, 9.17) is 4.74 Å². The van der Waals surface area contributed by atoms with Crippen molar-refractivity contribution in [2.45, 2.75) is 98.9 Å². The van der Waals surface area contributed by atoms with E-state index in [0.717, 1.165) is 11.3 Å². The SMILES string of the molecule is CNC(C(=O)N[C@H](C(=O)N(C)[C@H](C=C(C)C(=O)O)C(C)C)C(C)(C)C)C(C)(C)c1ccc(OC(C)C)cc1. The first kappa shape index (κ1) is 33.2. The van der Waals surface area contributed by atoms with Gasteiger partial charge < -0.3 is 25.4 Å². The number of rotatable bonds is 12. The highest BCUT2D eigenvalue weighted by molar-refractivity contribution is 5.91. The second-order valence-corrected chi connectivity index (χ2v) is 12.3. The van der Waals surface area contributed by atoms with Gasteiger partial charge >= 0.3 is 5.97 Å². The summed E-state index contributed by atoms with van der Waals surface area (Å²) in [4.78, 5) is 40.5. The lowest BCUT2D eigenvalue weighted by atomic mass is 9.76. The number of hydrogen-bond acceptors (Lipinski definition) is 5. The number of hydrogen-bond donors (Lipinski definition) is 3. The van der Waals surface area contributed by atoms with Crippen LogP contribution in [0.25, 0.3) is 0 Å². The number of carbonyl (C=O) groups is 3. The minimum Gasteiger partial charge on any atom is -0.491 e. The second kappa shape index (κ2) is 13.3. The first-order valence-electron chi connectivity index (χ1n) is 13.3. The second-order valence-electron chi connectivity index (χ2n) is 12.3. The predicted molar refractivity (Wildman–Crippen MR) is 152 cm³/mol. The molecule has 0 spiro atoms. The number of carboxylic acids is 1. The zero-order chi connectivity index (χ0) is 29.6. The van der Waals surface area contributed by atoms with Crippen molar-refractivity contribution in [3.63, 3.8) is 0 Å². The Labute approximate surface area is 229 Å². The lowest BCUT2D eigenvalue weighted by Gasteiger charge is -2.40. The molecule has 1 aromatic carbocycles. The Bertz CT molecular complexity index is 990. The summed E-state index contributed by atoms with van der Waals surface area (Å²) in [5, 5.41) is 15.5. The van der Waals surface area contributed by atoms with E-state index in [1.54, 1.807) is 25.1 Å². The number of carboxylic acid groups (broad SMARTS) is 1. The molecule has 0 heterocycles. The third kappa shape index (κ3) is 8.58. The molecule has 0 radical (unpaired) electrons. The molecule has 0 bridgehead atoms. The van der Waals surface area contributed by atoms with Crippen molar-refractivity contribution in [3.8, 4) is 5.75 Å². The summed E-state index contributed by atoms with van der Waals surface area (Å²) in [7, 11) is 3.39. The fraction of sp³-hybridized carbons (Fsp3) is 0.633. The molecular formula is C30H49N3O5. The molecule has 0 aromatic heterocycles. The topological polar surface area (TPSA) is 108 Å². The van der Waals surface area contributed by atoms with E-state index >= 15 is 0 Å². The maximum atomic E-state index is 13.8. The number of likely N-dealkylation sites (N-methyl/N-ethyl adjacent to an activating group) is 2. The van der Waals surface area contributed by atoms with E-state index in [0.29, 0.717) is 0 Å². The monoisotopic (exact) mass is 531 g/mol. The van der Waals surface area contributed by atoms with Gasteiger partial charge in [0.2, 0.25) is 11.8 Å². The van der Waals surface area contributed by atoms with Crippen LogP contribution in [0.15, 0.2) is 35.9 Å². The zero-order valence-electron chi connectivity index (χ0n) is 25.3. The van der Waals surface area contributed by atoms with Gasteiger partial charge in [-0.15, -0.1) is 0 Å². The largest absolute Gasteiger partial charge is 0.491 e. The Balaban J connectivity index is 3.29. The summed E-state index contributed by atoms with van der Waals surface area (Å²) in [6.45, 7) is 19.0. The van der Waals surface area contributed by atoms with Crippen molar-refractivity contribution in [2.75, 3.05) is 14.1 Å². The molecular weight excluding hydrogens is 482 g/mol. The third-order valence-corrected chi connectivity index (χ3v) is 6.88. The molecule has 0 aliphatic heterocycles. The maximum Gasteiger partial charge on any atom is 0.331 e. The van der Waals surface area contributed by atoms with Gasteiger partial charge in [0.05, 0.1) is 18.2 Å². The van der Waals surface area contributed by atoms with Crippen molar-refractivity contribution in [2.24, 2.45) is 11.3 Å². The molecule has 2 amide bonds. The summed E-state index contributed by atoms with van der Waals surface area (Å²) in [5.41, 5.74) is -0.0738. The fourth-order valence-electron chi connectivity index (χ4n) is 4.53. The van der Waals surface area contributed by atoms with Crippen LogP contribution >= 0.6 is 0 Å². The Kier molecular flexibility index (Phi) is 11.6. The number of benzene rings is 1. The number of ether oxygens (including phenoxy) is 1. The van der Waals surface area contributed by atoms with Crippen LogP contribution in [0.1, 0.15) is 74.8 Å². The fourth-order valence-corrected chi connectivity index (χ4v) is 4.53. The molecule has 0 aliphatic carbocycles. The average molecular weight is 532 g/mol. The Hall–Kier alpha value is -2.87. The average Bonchev–Trinajstić information content (AvgIpc) is 2.79. The Morgan fingerprint density at radius 2 is 1.50 bits per heavy atom. The van der Waals surface area contributed by atoms with Crippen molar-refractivity contribution < 1.29 is 24.2 Å². The molecule has 0 fully saturated rings. The van der Waals surface area contributed by atoms with Gasteiger partial charge in [0.25, 0.3) is 0 Å². The molecule has 8 nitrogen and oxygen atoms in total. The summed E-state index contributed by atoms with van der Waals surface area (Å²) >= 11 is 0. The quantitative estimate of drug-likeness (QED) is 0.346. The Morgan fingerprint density at radius 1 is 0.974 bits per heavy atom. The van der Waals surface area contributed by atoms with E-state index in [1.807, 2.05) is 86.6 Å². The smallest absolute Gasteiger partial charge is 0.331 e. The number of aliphatic carboxylic acids is 1. The number of amides is 2. The van der Waals surface area contributed by atoms with E-state index < -0.39 is 34.9 Å². The van der Waals surface area contributed by atoms with Crippen LogP contribution in [0.4, 0.5) is 0 Å². The van der Waals surface area contributed by atoms with Crippen LogP contribution < -0.4 is 15.4 Å². The van der Waals surface area contributed by atoms with Crippen molar-refractivity contribution in [1.82, 2.24) is 15.5 Å². The highest BCUT2D eigenvalue weighted by atomic mass is 16.5. The lowest BCUT2D eigenvalue weighted by Crippen LogP contribution is -2.61. The first-order chi connectivity index (χ1) is 17.3. The van der Waals surface area contributed by atoms with Crippen molar-refractivity contribution >= 4 is 17.8 Å². The molecule has 0 saturated heterocycles. The standard InChI is InChI=1S/C30H49N3O5/c1-18(2)23(17-20(5)28(36)37)33(12)27(35)25(29(6,7)8)32-26(34)24(31-11)30(9,10)21-13-15-22(16-14-21)38-19(3)4/h13-19,23-25,31H,1-12H3,(H,32,34)(H,36,37)/t23-,24?,25-/m1/s1. The molecule has 38 heavy (non-hydrogen) atoms. The van der Waals surface area contributed by atoms with Crippen LogP contribution in [0.5, 0.6) is 5.75 Å². The number of nitrogens with zero attached hydrogens (tertiary/aromatic N) is 1. The normalized spacial score (nSPS) is 15.2. The summed E-state index contributed by atoms with van der Waals surface area (Å²) in [5.74, 6) is -0.860. The molecule has 0 aliphatic rings. The molecule has 3 atom stereocenters. The van der Waals surface area contributed by atoms with Gasteiger partial charge in [-0.2, -0.15) is 0 Å². The van der Waals surface area contributed by atoms with Crippen LogP contribution in [0.2, 0.25) is 0 Å². The molecule has 1 unspecified atom stereocenters. The zero-order valence-corrected chi connectivity index (χ0v) is 25.3. The molecule has 214 valence electrons. The van der Waals surface area contributed by atoms with Crippen LogP contribution in [0, 0.1) is 11.3 Å². The van der Waals surface area contributed by atoms with Gasteiger partial charge in [0, 0.05) is 18.0 Å². The molecule has 1 rings (SSSR count). The van der Waals surface area contributed by atoms with Gasteiger partial charge in [-0.25, -0.2) is 4.79 Å². The van der Waals surface area contributed by atoms with Gasteiger partial charge in [-0.05, 0) is 56.8 Å². The van der Waals surface area contributed by atoms with Gasteiger partial charge in [0.15, 0.2) is 0 Å². The van der Waals surface area contributed by atoms with Crippen LogP contribution in [-0.2, 0) is 19.8 Å². The Morgan fingerprint density at radius 3 is 1.89 bits per heavy atom. The highest BCUT2D eigenvalue weighted by Gasteiger charge is 2.41. The number of nitrogens with one attached hydrogen (secondary N) is 2. The maximum absolute atomic E-state index is 13.8. The van der Waals surface area contributed by atoms with Gasteiger partial charge in [0.1, 0.15) is 11.8 Å². The first-order valence-corrected chi connectivity index (χ1v) is 13.3. The van der Waals surface area contributed by atoms with E-state index in [9.17, 15) is 19.5 Å². The van der Waals surface area contributed by atoms with E-state index in [2.05, 4.69) is 10.6 Å². The molecule has 0 saturated carbocycles. The minimum atomic E-state index is -1.03. The van der Waals surface area contributed by atoms with Crippen molar-refractivity contribution in [3.05, 3.63) is 41.5 Å². The van der Waals surface area contributed by atoms with Gasteiger partial charge in [-0.3, -0.25) is 9.59 Å². The van der Waals surface area contributed by atoms with Crippen molar-refractivity contribution in [1.29, 1.82) is 0 Å². The third-order valence-electron chi connectivity index (χ3n) is 6.88.